The molecule has 0 unspecified atom stereocenters. The molecule has 0 aliphatic heterocycles. The van der Waals surface area contributed by atoms with Crippen LogP contribution in [0.5, 0.6) is 11.5 Å². The van der Waals surface area contributed by atoms with Crippen molar-refractivity contribution < 1.29 is 14.3 Å². The monoisotopic (exact) mass is 427 g/mol. The first kappa shape index (κ1) is 19.2. The predicted octanol–water partition coefficient (Wildman–Crippen LogP) is 5.04. The molecule has 4 nitrogen and oxygen atoms in total. The molecule has 3 rings (SSSR count). The van der Waals surface area contributed by atoms with Crippen LogP contribution in [0.2, 0.25) is 0 Å². The Balaban J connectivity index is 1.73. The van der Waals surface area contributed by atoms with E-state index in [9.17, 15) is 4.79 Å². The molecule has 0 saturated carbocycles. The molecule has 1 amide bonds. The fraction of sp³-hybridized carbons (Fsp3) is 0.227. The lowest BCUT2D eigenvalue weighted by Gasteiger charge is -2.16. The Morgan fingerprint density at radius 3 is 2.37 bits per heavy atom. The minimum atomic E-state index is -0.0824. The summed E-state index contributed by atoms with van der Waals surface area (Å²) in [5.74, 6) is 1.17. The van der Waals surface area contributed by atoms with Gasteiger partial charge in [-0.2, -0.15) is 0 Å². The van der Waals surface area contributed by atoms with Crippen molar-refractivity contribution in [1.29, 1.82) is 0 Å². The summed E-state index contributed by atoms with van der Waals surface area (Å²) in [6.07, 6.45) is 0.249. The molecule has 0 aromatic heterocycles. The number of carbonyl (C=O) groups excluding carboxylic acids is 1. The molecule has 0 saturated heterocycles. The Bertz CT molecular complexity index is 971. The van der Waals surface area contributed by atoms with Gasteiger partial charge in [0.15, 0.2) is 11.5 Å². The number of fused-ring (bicyclic) bond motifs is 1. The Hall–Kier alpha value is -2.53. The van der Waals surface area contributed by atoms with E-state index in [2.05, 4.69) is 51.6 Å². The van der Waals surface area contributed by atoms with Crippen molar-refractivity contribution in [1.82, 2.24) is 5.32 Å². The van der Waals surface area contributed by atoms with Crippen molar-refractivity contribution in [2.45, 2.75) is 19.4 Å². The summed E-state index contributed by atoms with van der Waals surface area (Å²) in [7, 11) is 3.17. The highest BCUT2D eigenvalue weighted by Gasteiger charge is 2.15. The number of carbonyl (C=O) groups is 1. The van der Waals surface area contributed by atoms with E-state index in [1.54, 1.807) is 14.2 Å². The molecule has 3 aromatic carbocycles. The highest BCUT2D eigenvalue weighted by atomic mass is 79.9. The summed E-state index contributed by atoms with van der Waals surface area (Å²) in [6, 6.07) is 18.0. The Labute approximate surface area is 167 Å². The van der Waals surface area contributed by atoms with Crippen LogP contribution in [0.25, 0.3) is 10.8 Å². The molecule has 1 atom stereocenters. The van der Waals surface area contributed by atoms with Crippen molar-refractivity contribution in [3.63, 3.8) is 0 Å². The lowest BCUT2D eigenvalue weighted by Crippen LogP contribution is -2.28. The van der Waals surface area contributed by atoms with E-state index in [-0.39, 0.29) is 18.4 Å². The summed E-state index contributed by atoms with van der Waals surface area (Å²) in [6.45, 7) is 1.99. The molecule has 0 aliphatic rings. The van der Waals surface area contributed by atoms with E-state index in [4.69, 9.17) is 9.47 Å². The van der Waals surface area contributed by atoms with Gasteiger partial charge in [0, 0.05) is 4.47 Å². The van der Waals surface area contributed by atoms with Gasteiger partial charge in [0.2, 0.25) is 5.91 Å². The number of nitrogens with one attached hydrogen (secondary N) is 1. The van der Waals surface area contributed by atoms with Gasteiger partial charge in [-0.25, -0.2) is 0 Å². The van der Waals surface area contributed by atoms with Crippen molar-refractivity contribution in [2.75, 3.05) is 14.2 Å². The van der Waals surface area contributed by atoms with Crippen LogP contribution >= 0.6 is 15.9 Å². The van der Waals surface area contributed by atoms with E-state index in [0.717, 1.165) is 15.6 Å². The van der Waals surface area contributed by atoms with Crippen LogP contribution in [0.4, 0.5) is 0 Å². The second-order valence-corrected chi connectivity index (χ2v) is 7.23. The number of halogens is 1. The van der Waals surface area contributed by atoms with Crippen molar-refractivity contribution >= 4 is 32.6 Å². The third-order valence-electron chi connectivity index (χ3n) is 4.55. The summed E-state index contributed by atoms with van der Waals surface area (Å²) in [4.78, 5) is 12.6. The maximum Gasteiger partial charge on any atom is 0.224 e. The topological polar surface area (TPSA) is 47.6 Å². The van der Waals surface area contributed by atoms with Crippen LogP contribution < -0.4 is 14.8 Å². The number of amides is 1. The van der Waals surface area contributed by atoms with Gasteiger partial charge in [-0.15, -0.1) is 0 Å². The Morgan fingerprint density at radius 2 is 1.67 bits per heavy atom. The fourth-order valence-electron chi connectivity index (χ4n) is 3.06. The number of hydrogen-bond donors (Lipinski definition) is 1. The molecule has 0 spiro atoms. The molecule has 140 valence electrons. The second-order valence-electron chi connectivity index (χ2n) is 6.37. The van der Waals surface area contributed by atoms with Crippen molar-refractivity contribution in [2.24, 2.45) is 0 Å². The van der Waals surface area contributed by atoms with Crippen LogP contribution in [-0.4, -0.2) is 20.1 Å². The third kappa shape index (κ3) is 4.42. The summed E-state index contributed by atoms with van der Waals surface area (Å²) in [5.41, 5.74) is 1.92. The number of methoxy groups -OCH3 is 2. The zero-order chi connectivity index (χ0) is 19.4. The molecule has 5 heteroatoms. The van der Waals surface area contributed by atoms with E-state index in [1.165, 1.54) is 10.8 Å². The van der Waals surface area contributed by atoms with Gasteiger partial charge in [0.05, 0.1) is 26.7 Å². The van der Waals surface area contributed by atoms with Gasteiger partial charge >= 0.3 is 0 Å². The first-order chi connectivity index (χ1) is 13.0. The molecule has 0 bridgehead atoms. The van der Waals surface area contributed by atoms with Gasteiger partial charge < -0.3 is 14.8 Å². The second kappa shape index (κ2) is 8.44. The van der Waals surface area contributed by atoms with E-state index in [0.29, 0.717) is 11.5 Å². The quantitative estimate of drug-likeness (QED) is 0.599. The van der Waals surface area contributed by atoms with Crippen LogP contribution in [0.1, 0.15) is 24.1 Å². The highest BCUT2D eigenvalue weighted by Crippen LogP contribution is 2.33. The van der Waals surface area contributed by atoms with Crippen molar-refractivity contribution in [3.8, 4) is 11.5 Å². The van der Waals surface area contributed by atoms with Crippen LogP contribution in [0.3, 0.4) is 0 Å². The highest BCUT2D eigenvalue weighted by molar-refractivity contribution is 9.10. The molecule has 0 heterocycles. The number of benzene rings is 3. The molecular formula is C22H22BrNO3. The van der Waals surface area contributed by atoms with Gasteiger partial charge in [-0.05, 0) is 47.0 Å². The molecule has 0 aliphatic carbocycles. The molecule has 0 radical (unpaired) electrons. The minimum absolute atomic E-state index is 0.0522. The number of hydrogen-bond acceptors (Lipinski definition) is 3. The largest absolute Gasteiger partial charge is 0.493 e. The zero-order valence-corrected chi connectivity index (χ0v) is 17.2. The summed E-state index contributed by atoms with van der Waals surface area (Å²) >= 11 is 3.50. The van der Waals surface area contributed by atoms with E-state index < -0.39 is 0 Å². The first-order valence-corrected chi connectivity index (χ1v) is 9.49. The molecule has 1 N–H and O–H groups in total. The smallest absolute Gasteiger partial charge is 0.224 e. The van der Waals surface area contributed by atoms with Crippen molar-refractivity contribution in [3.05, 3.63) is 70.2 Å². The van der Waals surface area contributed by atoms with Gasteiger partial charge in [-0.3, -0.25) is 4.79 Å². The normalized spacial score (nSPS) is 11.9. The molecule has 3 aromatic rings. The van der Waals surface area contributed by atoms with Crippen LogP contribution in [0, 0.1) is 0 Å². The lowest BCUT2D eigenvalue weighted by atomic mass is 10.0. The average Bonchev–Trinajstić information content (AvgIpc) is 2.68. The SMILES string of the molecule is COc1cc(Br)c(CC(=O)N[C@@H](C)c2ccc3ccccc3c2)cc1OC. The van der Waals surface area contributed by atoms with Crippen LogP contribution in [0.15, 0.2) is 59.1 Å². The maximum atomic E-state index is 12.6. The molecule has 0 fully saturated rings. The van der Waals surface area contributed by atoms with Gasteiger partial charge in [0.1, 0.15) is 0 Å². The standard InChI is InChI=1S/C22H22BrNO3/c1-14(16-9-8-15-6-4-5-7-17(15)10-16)24-22(25)12-18-11-20(26-2)21(27-3)13-19(18)23/h4-11,13-14H,12H2,1-3H3,(H,24,25)/t14-/m0/s1. The van der Waals surface area contributed by atoms with E-state index in [1.807, 2.05) is 31.2 Å². The summed E-state index contributed by atoms with van der Waals surface area (Å²) in [5, 5.41) is 5.43. The number of ether oxygens (including phenoxy) is 2. The summed E-state index contributed by atoms with van der Waals surface area (Å²) < 4.78 is 11.4. The zero-order valence-electron chi connectivity index (χ0n) is 15.6. The third-order valence-corrected chi connectivity index (χ3v) is 5.29. The van der Waals surface area contributed by atoms with Crippen LogP contribution in [-0.2, 0) is 11.2 Å². The number of rotatable bonds is 6. The van der Waals surface area contributed by atoms with Gasteiger partial charge in [-0.1, -0.05) is 52.3 Å². The molecule has 27 heavy (non-hydrogen) atoms. The maximum absolute atomic E-state index is 12.6. The average molecular weight is 428 g/mol. The molecular weight excluding hydrogens is 406 g/mol. The van der Waals surface area contributed by atoms with Gasteiger partial charge in [0.25, 0.3) is 0 Å². The lowest BCUT2D eigenvalue weighted by molar-refractivity contribution is -0.121. The Kier molecular flexibility index (Phi) is 6.01. The predicted molar refractivity (Wildman–Crippen MR) is 111 cm³/mol. The first-order valence-electron chi connectivity index (χ1n) is 8.70. The minimum Gasteiger partial charge on any atom is -0.493 e. The van der Waals surface area contributed by atoms with E-state index >= 15 is 0 Å². The fourth-order valence-corrected chi connectivity index (χ4v) is 3.52. The Morgan fingerprint density at radius 1 is 1.00 bits per heavy atom.